The van der Waals surface area contributed by atoms with E-state index >= 15 is 0 Å². The van der Waals surface area contributed by atoms with Gasteiger partial charge in [0.15, 0.2) is 0 Å². The van der Waals surface area contributed by atoms with Crippen LogP contribution in [0.2, 0.25) is 0 Å². The molecule has 2 heterocycles. The van der Waals surface area contributed by atoms with Gasteiger partial charge in [-0.1, -0.05) is 0 Å². The molecule has 2 aromatic rings. The fourth-order valence-electron chi connectivity index (χ4n) is 2.14. The van der Waals surface area contributed by atoms with Gasteiger partial charge in [-0.05, 0) is 24.3 Å². The van der Waals surface area contributed by atoms with Crippen molar-refractivity contribution in [2.24, 2.45) is 0 Å². The van der Waals surface area contributed by atoms with Crippen LogP contribution in [-0.4, -0.2) is 16.5 Å². The highest BCUT2D eigenvalue weighted by Crippen LogP contribution is 2.22. The number of aromatic nitrogens is 2. The second-order valence-corrected chi connectivity index (χ2v) is 4.39. The molecule has 94 valence electrons. The maximum atomic E-state index is 8.78. The van der Waals surface area contributed by atoms with Crippen molar-refractivity contribution in [3.05, 3.63) is 47.4 Å². The minimum Gasteiger partial charge on any atom is -0.340 e. The van der Waals surface area contributed by atoms with Crippen LogP contribution in [0.25, 0.3) is 0 Å². The number of nitriles is 1. The number of rotatable bonds is 2. The summed E-state index contributed by atoms with van der Waals surface area (Å²) in [6, 6.07) is 9.43. The van der Waals surface area contributed by atoms with E-state index in [9.17, 15) is 0 Å². The van der Waals surface area contributed by atoms with Crippen LogP contribution >= 0.6 is 0 Å². The molecular formula is C14H13N5. The van der Waals surface area contributed by atoms with Crippen molar-refractivity contribution in [3.8, 4) is 6.07 Å². The molecule has 1 aromatic heterocycles. The normalized spacial score (nSPS) is 13.4. The highest BCUT2D eigenvalue weighted by Gasteiger charge is 2.14. The molecule has 0 atom stereocenters. The lowest BCUT2D eigenvalue weighted by Gasteiger charge is -2.19. The van der Waals surface area contributed by atoms with Crippen molar-refractivity contribution in [3.63, 3.8) is 0 Å². The first-order valence-corrected chi connectivity index (χ1v) is 6.17. The highest BCUT2D eigenvalue weighted by molar-refractivity contribution is 5.61. The maximum absolute atomic E-state index is 8.78. The van der Waals surface area contributed by atoms with Gasteiger partial charge in [0.05, 0.1) is 17.3 Å². The molecule has 0 spiro atoms. The van der Waals surface area contributed by atoms with E-state index in [1.165, 1.54) is 0 Å². The summed E-state index contributed by atoms with van der Waals surface area (Å²) in [4.78, 5) is 8.62. The Morgan fingerprint density at radius 3 is 2.84 bits per heavy atom. The number of anilines is 2. The number of benzene rings is 1. The van der Waals surface area contributed by atoms with Crippen LogP contribution in [0.1, 0.15) is 16.8 Å². The third-order valence-electron chi connectivity index (χ3n) is 3.15. The average molecular weight is 251 g/mol. The summed E-state index contributed by atoms with van der Waals surface area (Å²) in [6.07, 6.45) is 2.52. The summed E-state index contributed by atoms with van der Waals surface area (Å²) in [7, 11) is 0. The second kappa shape index (κ2) is 5.04. The molecule has 3 rings (SSSR count). The Labute approximate surface area is 111 Å². The molecule has 0 aliphatic carbocycles. The van der Waals surface area contributed by atoms with Gasteiger partial charge in [0.2, 0.25) is 0 Å². The number of fused-ring (bicyclic) bond motifs is 1. The molecule has 1 aromatic carbocycles. The zero-order valence-corrected chi connectivity index (χ0v) is 10.3. The molecule has 0 saturated heterocycles. The number of nitrogens with one attached hydrogen (secondary N) is 2. The zero-order chi connectivity index (χ0) is 13.1. The molecule has 0 saturated carbocycles. The Morgan fingerprint density at radius 2 is 2.05 bits per heavy atom. The maximum Gasteiger partial charge on any atom is 0.138 e. The molecule has 2 N–H and O–H groups in total. The number of hydrogen-bond donors (Lipinski definition) is 2. The molecule has 0 bridgehead atoms. The van der Waals surface area contributed by atoms with E-state index in [1.54, 1.807) is 18.5 Å². The van der Waals surface area contributed by atoms with Crippen LogP contribution in [0.3, 0.4) is 0 Å². The van der Waals surface area contributed by atoms with Crippen molar-refractivity contribution in [2.75, 3.05) is 11.9 Å². The summed E-state index contributed by atoms with van der Waals surface area (Å²) in [6.45, 7) is 1.75. The van der Waals surface area contributed by atoms with E-state index in [2.05, 4.69) is 26.7 Å². The lowest BCUT2D eigenvalue weighted by atomic mass is 10.1. The summed E-state index contributed by atoms with van der Waals surface area (Å²) >= 11 is 0. The molecule has 0 radical (unpaired) electrons. The Morgan fingerprint density at radius 1 is 1.21 bits per heavy atom. The third kappa shape index (κ3) is 2.39. The van der Waals surface area contributed by atoms with Gasteiger partial charge in [-0.3, -0.25) is 0 Å². The first kappa shape index (κ1) is 11.6. The van der Waals surface area contributed by atoms with Gasteiger partial charge in [0.25, 0.3) is 0 Å². The monoisotopic (exact) mass is 251 g/mol. The topological polar surface area (TPSA) is 73.6 Å². The van der Waals surface area contributed by atoms with E-state index in [1.807, 2.05) is 12.1 Å². The second-order valence-electron chi connectivity index (χ2n) is 4.39. The van der Waals surface area contributed by atoms with Crippen LogP contribution < -0.4 is 10.6 Å². The Hall–Kier alpha value is -2.45. The van der Waals surface area contributed by atoms with E-state index in [-0.39, 0.29) is 0 Å². The molecule has 19 heavy (non-hydrogen) atoms. The Kier molecular flexibility index (Phi) is 3.09. The lowest BCUT2D eigenvalue weighted by Crippen LogP contribution is -2.25. The smallest absolute Gasteiger partial charge is 0.138 e. The zero-order valence-electron chi connectivity index (χ0n) is 10.3. The number of nitrogens with zero attached hydrogens (tertiary/aromatic N) is 3. The van der Waals surface area contributed by atoms with Gasteiger partial charge < -0.3 is 10.6 Å². The first-order valence-electron chi connectivity index (χ1n) is 6.17. The molecule has 0 unspecified atom stereocenters. The lowest BCUT2D eigenvalue weighted by molar-refractivity contribution is 0.628. The van der Waals surface area contributed by atoms with Crippen LogP contribution in [0.5, 0.6) is 0 Å². The molecule has 0 fully saturated rings. The SMILES string of the molecule is N#Cc1ccc(Nc2ncnc3c2CNCC3)cc1. The van der Waals surface area contributed by atoms with Crippen LogP contribution in [-0.2, 0) is 13.0 Å². The van der Waals surface area contributed by atoms with Crippen LogP contribution in [0, 0.1) is 11.3 Å². The van der Waals surface area contributed by atoms with Gasteiger partial charge >= 0.3 is 0 Å². The quantitative estimate of drug-likeness (QED) is 0.850. The number of hydrogen-bond acceptors (Lipinski definition) is 5. The van der Waals surface area contributed by atoms with Crippen molar-refractivity contribution >= 4 is 11.5 Å². The Bertz CT molecular complexity index is 627. The molecule has 0 amide bonds. The molecule has 1 aliphatic heterocycles. The predicted octanol–water partition coefficient (Wildman–Crippen LogP) is 1.74. The van der Waals surface area contributed by atoms with Crippen molar-refractivity contribution in [2.45, 2.75) is 13.0 Å². The van der Waals surface area contributed by atoms with Crippen LogP contribution in [0.15, 0.2) is 30.6 Å². The fraction of sp³-hybridized carbons (Fsp3) is 0.214. The summed E-state index contributed by atoms with van der Waals surface area (Å²) < 4.78 is 0. The van der Waals surface area contributed by atoms with E-state index in [0.717, 1.165) is 42.3 Å². The third-order valence-corrected chi connectivity index (χ3v) is 3.15. The Balaban J connectivity index is 1.88. The molecule has 1 aliphatic rings. The standard InChI is InChI=1S/C14H13N5/c15-7-10-1-3-11(4-2-10)19-14-12-8-16-6-5-13(12)17-9-18-14/h1-4,9,16H,5-6,8H2,(H,17,18,19). The van der Waals surface area contributed by atoms with Crippen molar-refractivity contribution in [1.82, 2.24) is 15.3 Å². The highest BCUT2D eigenvalue weighted by atomic mass is 15.0. The average Bonchev–Trinajstić information content (AvgIpc) is 2.48. The van der Waals surface area contributed by atoms with Gasteiger partial charge in [-0.15, -0.1) is 0 Å². The van der Waals surface area contributed by atoms with Gasteiger partial charge in [0, 0.05) is 30.8 Å². The molecule has 5 heteroatoms. The van der Waals surface area contributed by atoms with Crippen molar-refractivity contribution < 1.29 is 0 Å². The van der Waals surface area contributed by atoms with Gasteiger partial charge in [-0.25, -0.2) is 9.97 Å². The van der Waals surface area contributed by atoms with E-state index in [0.29, 0.717) is 5.56 Å². The predicted molar refractivity (Wildman–Crippen MR) is 71.9 cm³/mol. The van der Waals surface area contributed by atoms with Crippen LogP contribution in [0.4, 0.5) is 11.5 Å². The summed E-state index contributed by atoms with van der Waals surface area (Å²) in [5, 5.41) is 15.4. The first-order chi connectivity index (χ1) is 9.36. The minimum atomic E-state index is 0.650. The van der Waals surface area contributed by atoms with E-state index in [4.69, 9.17) is 5.26 Å². The van der Waals surface area contributed by atoms with Gasteiger partial charge in [-0.2, -0.15) is 5.26 Å². The minimum absolute atomic E-state index is 0.650. The van der Waals surface area contributed by atoms with Crippen molar-refractivity contribution in [1.29, 1.82) is 5.26 Å². The molecule has 5 nitrogen and oxygen atoms in total. The summed E-state index contributed by atoms with van der Waals surface area (Å²) in [5.74, 6) is 0.835. The fourth-order valence-corrected chi connectivity index (χ4v) is 2.14. The van der Waals surface area contributed by atoms with Gasteiger partial charge in [0.1, 0.15) is 12.1 Å². The molecular weight excluding hydrogens is 238 g/mol. The van der Waals surface area contributed by atoms with E-state index < -0.39 is 0 Å². The summed E-state index contributed by atoms with van der Waals surface area (Å²) in [5.41, 5.74) is 3.80. The largest absolute Gasteiger partial charge is 0.340 e.